The van der Waals surface area contributed by atoms with Crippen LogP contribution >= 0.6 is 0 Å². The van der Waals surface area contributed by atoms with Crippen LogP contribution in [0.1, 0.15) is 24.2 Å². The molecule has 2 amide bonds. The quantitative estimate of drug-likeness (QED) is 0.749. The zero-order chi connectivity index (χ0) is 14.1. The largest absolute Gasteiger partial charge is 0.494 e. The van der Waals surface area contributed by atoms with E-state index in [1.54, 1.807) is 31.2 Å². The summed E-state index contributed by atoms with van der Waals surface area (Å²) in [6.45, 7) is 4.52. The Balaban J connectivity index is 2.49. The van der Waals surface area contributed by atoms with Gasteiger partial charge in [-0.15, -0.1) is 0 Å². The molecule has 0 fully saturated rings. The summed E-state index contributed by atoms with van der Waals surface area (Å²) in [4.78, 5) is 23.0. The topological polar surface area (TPSA) is 76.7 Å². The fraction of sp³-hybridized carbons (Fsp3) is 0.385. The van der Waals surface area contributed by atoms with Crippen LogP contribution in [0.3, 0.4) is 0 Å². The van der Waals surface area contributed by atoms with E-state index in [1.165, 1.54) is 0 Å². The summed E-state index contributed by atoms with van der Waals surface area (Å²) in [6, 6.07) is 6.70. The summed E-state index contributed by atoms with van der Waals surface area (Å²) >= 11 is 0. The van der Waals surface area contributed by atoms with E-state index in [0.717, 1.165) is 0 Å². The predicted octanol–water partition coefficient (Wildman–Crippen LogP) is 0.883. The van der Waals surface area contributed by atoms with Gasteiger partial charge in [-0.1, -0.05) is 6.07 Å². The zero-order valence-corrected chi connectivity index (χ0v) is 11.1. The number of carbonyl (C=O) groups excluding carboxylic acids is 2. The van der Waals surface area contributed by atoms with Crippen molar-refractivity contribution in [2.24, 2.45) is 0 Å². The molecule has 0 aliphatic rings. The molecule has 0 aliphatic heterocycles. The Kier molecular flexibility index (Phi) is 6.38. The van der Waals surface area contributed by atoms with Gasteiger partial charge in [0.2, 0.25) is 0 Å². The molecule has 0 aliphatic carbocycles. The monoisotopic (exact) mass is 266 g/mol. The van der Waals surface area contributed by atoms with Crippen molar-refractivity contribution in [2.45, 2.75) is 13.8 Å². The second kappa shape index (κ2) is 8.10. The molecule has 0 atom stereocenters. The fourth-order valence-corrected chi connectivity index (χ4v) is 1.32. The van der Waals surface area contributed by atoms with Gasteiger partial charge in [0.05, 0.1) is 6.61 Å². The maximum absolute atomic E-state index is 11.8. The van der Waals surface area contributed by atoms with E-state index >= 15 is 0 Å². The molecule has 1 aromatic rings. The molecule has 19 heavy (non-hydrogen) atoms. The van der Waals surface area contributed by atoms with Crippen LogP contribution in [0.5, 0.6) is 5.75 Å². The molecular formula is C13H18N2O4. The van der Waals surface area contributed by atoms with Gasteiger partial charge in [-0.05, 0) is 32.0 Å². The molecule has 0 saturated heterocycles. The number of hydrogen-bond donors (Lipinski definition) is 2. The number of benzene rings is 1. The van der Waals surface area contributed by atoms with Gasteiger partial charge < -0.3 is 9.47 Å². The van der Waals surface area contributed by atoms with Crippen LogP contribution < -0.4 is 15.6 Å². The van der Waals surface area contributed by atoms with Gasteiger partial charge in [0.25, 0.3) is 11.8 Å². The van der Waals surface area contributed by atoms with Gasteiger partial charge in [-0.2, -0.15) is 0 Å². The van der Waals surface area contributed by atoms with E-state index in [-0.39, 0.29) is 6.61 Å². The third-order valence-electron chi connectivity index (χ3n) is 2.16. The molecule has 6 heteroatoms. The summed E-state index contributed by atoms with van der Waals surface area (Å²) in [5.41, 5.74) is 4.97. The maximum Gasteiger partial charge on any atom is 0.269 e. The highest BCUT2D eigenvalue weighted by atomic mass is 16.5. The van der Waals surface area contributed by atoms with Crippen molar-refractivity contribution in [3.05, 3.63) is 29.8 Å². The second-order valence-electron chi connectivity index (χ2n) is 3.60. The molecular weight excluding hydrogens is 248 g/mol. The highest BCUT2D eigenvalue weighted by molar-refractivity contribution is 5.95. The molecule has 0 unspecified atom stereocenters. The average molecular weight is 266 g/mol. The van der Waals surface area contributed by atoms with Crippen molar-refractivity contribution in [2.75, 3.05) is 19.8 Å². The van der Waals surface area contributed by atoms with Gasteiger partial charge in [-0.3, -0.25) is 20.4 Å². The number of rotatable bonds is 6. The van der Waals surface area contributed by atoms with Crippen LogP contribution in [-0.4, -0.2) is 31.6 Å². The Labute approximate surface area is 112 Å². The van der Waals surface area contributed by atoms with E-state index in [0.29, 0.717) is 24.5 Å². The first-order valence-electron chi connectivity index (χ1n) is 6.07. The molecule has 1 rings (SSSR count). The molecule has 0 saturated carbocycles. The number of hydrazine groups is 1. The summed E-state index contributed by atoms with van der Waals surface area (Å²) in [5.74, 6) is -0.210. The van der Waals surface area contributed by atoms with Crippen LogP contribution in [0, 0.1) is 0 Å². The molecule has 1 aromatic carbocycles. The first-order chi connectivity index (χ1) is 9.17. The number of amides is 2. The molecule has 0 bridgehead atoms. The molecule has 0 aromatic heterocycles. The lowest BCUT2D eigenvalue weighted by molar-refractivity contribution is -0.126. The lowest BCUT2D eigenvalue weighted by Crippen LogP contribution is -2.43. The van der Waals surface area contributed by atoms with Gasteiger partial charge in [0.15, 0.2) is 0 Å². The van der Waals surface area contributed by atoms with E-state index in [4.69, 9.17) is 9.47 Å². The second-order valence-corrected chi connectivity index (χ2v) is 3.60. The minimum atomic E-state index is -0.411. The Bertz CT molecular complexity index is 434. The van der Waals surface area contributed by atoms with Crippen molar-refractivity contribution < 1.29 is 19.1 Å². The highest BCUT2D eigenvalue weighted by Gasteiger charge is 2.08. The predicted molar refractivity (Wildman–Crippen MR) is 69.7 cm³/mol. The number of nitrogens with one attached hydrogen (secondary N) is 2. The minimum absolute atomic E-state index is 0.0875. The van der Waals surface area contributed by atoms with Crippen molar-refractivity contribution in [3.63, 3.8) is 0 Å². The summed E-state index contributed by atoms with van der Waals surface area (Å²) < 4.78 is 10.2. The standard InChI is InChI=1S/C13H18N2O4/c1-3-18-9-12(16)14-15-13(17)10-6-5-7-11(8-10)19-4-2/h5-8H,3-4,9H2,1-2H3,(H,14,16)(H,15,17). The molecule has 104 valence electrons. The van der Waals surface area contributed by atoms with Gasteiger partial charge >= 0.3 is 0 Å². The molecule has 0 heterocycles. The zero-order valence-electron chi connectivity index (χ0n) is 11.1. The van der Waals surface area contributed by atoms with Crippen LogP contribution in [-0.2, 0) is 9.53 Å². The van der Waals surface area contributed by atoms with Crippen LogP contribution in [0.2, 0.25) is 0 Å². The maximum atomic E-state index is 11.8. The van der Waals surface area contributed by atoms with Gasteiger partial charge in [0, 0.05) is 12.2 Å². The lowest BCUT2D eigenvalue weighted by Gasteiger charge is -2.08. The third-order valence-corrected chi connectivity index (χ3v) is 2.16. The Morgan fingerprint density at radius 1 is 1.16 bits per heavy atom. The average Bonchev–Trinajstić information content (AvgIpc) is 2.43. The normalized spacial score (nSPS) is 9.79. The van der Waals surface area contributed by atoms with Crippen molar-refractivity contribution in [1.82, 2.24) is 10.9 Å². The highest BCUT2D eigenvalue weighted by Crippen LogP contribution is 2.12. The lowest BCUT2D eigenvalue weighted by atomic mass is 10.2. The van der Waals surface area contributed by atoms with Crippen molar-refractivity contribution in [1.29, 1.82) is 0 Å². The smallest absolute Gasteiger partial charge is 0.269 e. The summed E-state index contributed by atoms with van der Waals surface area (Å²) in [6.07, 6.45) is 0. The first-order valence-corrected chi connectivity index (χ1v) is 6.07. The Morgan fingerprint density at radius 2 is 1.95 bits per heavy atom. The van der Waals surface area contributed by atoms with Crippen molar-refractivity contribution >= 4 is 11.8 Å². The van der Waals surface area contributed by atoms with Crippen molar-refractivity contribution in [3.8, 4) is 5.75 Å². The fourth-order valence-electron chi connectivity index (χ4n) is 1.32. The third kappa shape index (κ3) is 5.39. The summed E-state index contributed by atoms with van der Waals surface area (Å²) in [7, 11) is 0. The Hall–Kier alpha value is -2.08. The molecule has 6 nitrogen and oxygen atoms in total. The summed E-state index contributed by atoms with van der Waals surface area (Å²) in [5, 5.41) is 0. The number of hydrogen-bond acceptors (Lipinski definition) is 4. The van der Waals surface area contributed by atoms with Gasteiger partial charge in [-0.25, -0.2) is 0 Å². The SMILES string of the molecule is CCOCC(=O)NNC(=O)c1cccc(OCC)c1. The van der Waals surface area contributed by atoms with Crippen LogP contribution in [0.15, 0.2) is 24.3 Å². The van der Waals surface area contributed by atoms with E-state index in [2.05, 4.69) is 10.9 Å². The van der Waals surface area contributed by atoms with Crippen LogP contribution in [0.4, 0.5) is 0 Å². The Morgan fingerprint density at radius 3 is 2.63 bits per heavy atom. The first kappa shape index (κ1) is 15.0. The molecule has 0 spiro atoms. The number of carbonyl (C=O) groups is 2. The van der Waals surface area contributed by atoms with E-state index < -0.39 is 11.8 Å². The van der Waals surface area contributed by atoms with Gasteiger partial charge in [0.1, 0.15) is 12.4 Å². The minimum Gasteiger partial charge on any atom is -0.494 e. The number of ether oxygens (including phenoxy) is 2. The van der Waals surface area contributed by atoms with E-state index in [1.807, 2.05) is 6.92 Å². The van der Waals surface area contributed by atoms with Crippen LogP contribution in [0.25, 0.3) is 0 Å². The molecule has 0 radical (unpaired) electrons. The molecule has 2 N–H and O–H groups in total. The van der Waals surface area contributed by atoms with E-state index in [9.17, 15) is 9.59 Å².